The molecule has 4 rings (SSSR count). The number of aromatic nitrogens is 2. The predicted octanol–water partition coefficient (Wildman–Crippen LogP) is 5.53. The maximum atomic E-state index is 15.0. The minimum absolute atomic E-state index is 0.0170. The van der Waals surface area contributed by atoms with Gasteiger partial charge < -0.3 is 15.2 Å². The third-order valence-electron chi connectivity index (χ3n) is 7.06. The SMILES string of the molecule is CCOc1cc(O)c(F)c(N2Cc3cnc(NCCCCCN(C(C)C)C(C)C)nc3N(C3CC3)C2=O)c1. The molecule has 2 heterocycles. The number of rotatable bonds is 13. The molecule has 38 heavy (non-hydrogen) atoms. The third kappa shape index (κ3) is 6.28. The van der Waals surface area contributed by atoms with Crippen LogP contribution in [0.25, 0.3) is 0 Å². The summed E-state index contributed by atoms with van der Waals surface area (Å²) in [5.41, 5.74) is 0.704. The second-order valence-corrected chi connectivity index (χ2v) is 10.6. The average Bonchev–Trinajstić information content (AvgIpc) is 3.70. The molecule has 0 spiro atoms. The fourth-order valence-corrected chi connectivity index (χ4v) is 5.04. The van der Waals surface area contributed by atoms with Crippen LogP contribution in [0.2, 0.25) is 0 Å². The van der Waals surface area contributed by atoms with E-state index in [9.17, 15) is 14.3 Å². The molecule has 9 nitrogen and oxygen atoms in total. The van der Waals surface area contributed by atoms with Gasteiger partial charge in [-0.05, 0) is 66.8 Å². The van der Waals surface area contributed by atoms with E-state index in [2.05, 4.69) is 42.9 Å². The van der Waals surface area contributed by atoms with E-state index in [-0.39, 0.29) is 24.3 Å². The van der Waals surface area contributed by atoms with Crippen LogP contribution in [-0.4, -0.2) is 63.8 Å². The Balaban J connectivity index is 1.43. The van der Waals surface area contributed by atoms with Gasteiger partial charge in [0, 0.05) is 48.6 Å². The molecule has 1 aromatic heterocycles. The number of halogens is 1. The molecule has 1 aliphatic heterocycles. The van der Waals surface area contributed by atoms with E-state index in [1.54, 1.807) is 18.0 Å². The zero-order chi connectivity index (χ0) is 27.4. The number of anilines is 3. The largest absolute Gasteiger partial charge is 0.505 e. The Kier molecular flexibility index (Phi) is 8.91. The summed E-state index contributed by atoms with van der Waals surface area (Å²) in [6.07, 6.45) is 6.67. The van der Waals surface area contributed by atoms with E-state index >= 15 is 0 Å². The highest BCUT2D eigenvalue weighted by Crippen LogP contribution is 2.41. The summed E-state index contributed by atoms with van der Waals surface area (Å²) in [6, 6.07) is 3.40. The Morgan fingerprint density at radius 3 is 2.58 bits per heavy atom. The molecular weight excluding hydrogens is 487 g/mol. The summed E-state index contributed by atoms with van der Waals surface area (Å²) in [4.78, 5) is 28.2. The summed E-state index contributed by atoms with van der Waals surface area (Å²) in [7, 11) is 0. The molecule has 2 aliphatic rings. The first kappa shape index (κ1) is 27.9. The third-order valence-corrected chi connectivity index (χ3v) is 7.06. The van der Waals surface area contributed by atoms with Gasteiger partial charge in [0.05, 0.1) is 18.8 Å². The number of fused-ring (bicyclic) bond motifs is 1. The van der Waals surface area contributed by atoms with E-state index < -0.39 is 11.6 Å². The quantitative estimate of drug-likeness (QED) is 0.330. The molecule has 10 heteroatoms. The fraction of sp³-hybridized carbons (Fsp3) is 0.607. The normalized spacial score (nSPS) is 15.6. The minimum Gasteiger partial charge on any atom is -0.505 e. The molecule has 0 radical (unpaired) electrons. The lowest BCUT2D eigenvalue weighted by molar-refractivity contribution is 0.171. The Hall–Kier alpha value is -3.14. The topological polar surface area (TPSA) is 94.1 Å². The van der Waals surface area contributed by atoms with Gasteiger partial charge in [0.25, 0.3) is 0 Å². The van der Waals surface area contributed by atoms with Crippen LogP contribution < -0.4 is 19.9 Å². The van der Waals surface area contributed by atoms with Gasteiger partial charge in [-0.1, -0.05) is 6.42 Å². The Morgan fingerprint density at radius 1 is 1.18 bits per heavy atom. The van der Waals surface area contributed by atoms with Crippen LogP contribution in [0, 0.1) is 5.82 Å². The number of hydrogen-bond acceptors (Lipinski definition) is 7. The molecule has 0 saturated heterocycles. The van der Waals surface area contributed by atoms with Crippen molar-refractivity contribution in [3.8, 4) is 11.5 Å². The maximum Gasteiger partial charge on any atom is 0.330 e. The summed E-state index contributed by atoms with van der Waals surface area (Å²) < 4.78 is 20.4. The first-order valence-corrected chi connectivity index (χ1v) is 13.8. The lowest BCUT2D eigenvalue weighted by Gasteiger charge is -2.36. The number of aromatic hydroxyl groups is 1. The maximum absolute atomic E-state index is 15.0. The number of unbranched alkanes of at least 4 members (excludes halogenated alkanes) is 2. The predicted molar refractivity (Wildman–Crippen MR) is 148 cm³/mol. The van der Waals surface area contributed by atoms with Gasteiger partial charge in [0.1, 0.15) is 11.6 Å². The van der Waals surface area contributed by atoms with Gasteiger partial charge in [-0.25, -0.2) is 14.2 Å². The number of benzene rings is 1. The second kappa shape index (κ2) is 12.1. The van der Waals surface area contributed by atoms with Crippen LogP contribution in [0.5, 0.6) is 11.5 Å². The van der Waals surface area contributed by atoms with Gasteiger partial charge in [-0.2, -0.15) is 4.98 Å². The van der Waals surface area contributed by atoms with E-state index in [0.717, 1.165) is 50.8 Å². The van der Waals surface area contributed by atoms with Crippen molar-refractivity contribution in [3.63, 3.8) is 0 Å². The Labute approximate surface area is 225 Å². The van der Waals surface area contributed by atoms with Crippen LogP contribution in [0.3, 0.4) is 0 Å². The number of nitrogens with one attached hydrogen (secondary N) is 1. The van der Waals surface area contributed by atoms with Crippen molar-refractivity contribution >= 4 is 23.5 Å². The molecule has 0 atom stereocenters. The summed E-state index contributed by atoms with van der Waals surface area (Å²) in [5, 5.41) is 13.4. The Bertz CT molecular complexity index is 1120. The van der Waals surface area contributed by atoms with Gasteiger partial charge in [0.15, 0.2) is 11.6 Å². The number of carbonyl (C=O) groups is 1. The number of ether oxygens (including phenoxy) is 1. The number of phenols is 1. The molecule has 208 valence electrons. The van der Waals surface area contributed by atoms with Crippen LogP contribution in [0.4, 0.5) is 26.6 Å². The van der Waals surface area contributed by atoms with Crippen molar-refractivity contribution in [1.82, 2.24) is 14.9 Å². The number of carbonyl (C=O) groups excluding carboxylic acids is 1. The molecule has 2 N–H and O–H groups in total. The van der Waals surface area contributed by atoms with E-state index in [0.29, 0.717) is 36.2 Å². The van der Waals surface area contributed by atoms with Crippen molar-refractivity contribution in [2.45, 2.75) is 91.4 Å². The number of amides is 2. The minimum atomic E-state index is -0.856. The molecule has 1 saturated carbocycles. The Morgan fingerprint density at radius 2 is 1.92 bits per heavy atom. The van der Waals surface area contributed by atoms with Crippen molar-refractivity contribution in [2.75, 3.05) is 34.8 Å². The van der Waals surface area contributed by atoms with Crippen LogP contribution >= 0.6 is 0 Å². The first-order chi connectivity index (χ1) is 18.2. The zero-order valence-electron chi connectivity index (χ0n) is 23.2. The average molecular weight is 529 g/mol. The van der Waals surface area contributed by atoms with Crippen LogP contribution in [-0.2, 0) is 6.54 Å². The molecule has 1 aromatic carbocycles. The highest BCUT2D eigenvalue weighted by molar-refractivity contribution is 6.06. The summed E-state index contributed by atoms with van der Waals surface area (Å²) in [5.74, 6) is -0.0513. The van der Waals surface area contributed by atoms with Crippen molar-refractivity contribution < 1.29 is 19.0 Å². The van der Waals surface area contributed by atoms with Gasteiger partial charge in [0.2, 0.25) is 5.95 Å². The first-order valence-electron chi connectivity index (χ1n) is 13.8. The van der Waals surface area contributed by atoms with E-state index in [4.69, 9.17) is 9.72 Å². The lowest BCUT2D eigenvalue weighted by atomic mass is 10.1. The zero-order valence-corrected chi connectivity index (χ0v) is 23.2. The highest BCUT2D eigenvalue weighted by atomic mass is 19.1. The molecular formula is C28H41FN6O3. The van der Waals surface area contributed by atoms with Crippen LogP contribution in [0.15, 0.2) is 18.3 Å². The number of phenolic OH excluding ortho intramolecular Hbond substituents is 1. The fourth-order valence-electron chi connectivity index (χ4n) is 5.04. The molecule has 0 unspecified atom stereocenters. The molecule has 1 aliphatic carbocycles. The van der Waals surface area contributed by atoms with Crippen molar-refractivity contribution in [2.24, 2.45) is 0 Å². The molecule has 2 amide bonds. The highest BCUT2D eigenvalue weighted by Gasteiger charge is 2.42. The van der Waals surface area contributed by atoms with E-state index in [1.807, 2.05) is 0 Å². The smallest absolute Gasteiger partial charge is 0.330 e. The second-order valence-electron chi connectivity index (χ2n) is 10.6. The van der Waals surface area contributed by atoms with Crippen molar-refractivity contribution in [1.29, 1.82) is 0 Å². The van der Waals surface area contributed by atoms with E-state index in [1.165, 1.54) is 17.0 Å². The van der Waals surface area contributed by atoms with Crippen molar-refractivity contribution in [3.05, 3.63) is 29.7 Å². The number of urea groups is 1. The summed E-state index contributed by atoms with van der Waals surface area (Å²) in [6.45, 7) is 13.0. The molecule has 0 bridgehead atoms. The van der Waals surface area contributed by atoms with Crippen LogP contribution in [0.1, 0.15) is 72.3 Å². The molecule has 1 fully saturated rings. The molecule has 2 aromatic rings. The standard InChI is InChI=1S/C28H41FN6O3/c1-6-38-22-14-23(25(29)24(36)15-22)34-17-20-16-31-27(32-26(20)35(28(34)37)21-10-11-21)30-12-8-7-9-13-33(18(2)3)19(4)5/h14-16,18-19,21,36H,6-13,17H2,1-5H3,(H,30,31,32). The van der Waals surface area contributed by atoms with Gasteiger partial charge in [-0.15, -0.1) is 0 Å². The van der Waals surface area contributed by atoms with Gasteiger partial charge in [-0.3, -0.25) is 14.7 Å². The number of nitrogens with zero attached hydrogens (tertiary/aromatic N) is 5. The summed E-state index contributed by atoms with van der Waals surface area (Å²) >= 11 is 0. The number of hydrogen-bond donors (Lipinski definition) is 2. The monoisotopic (exact) mass is 528 g/mol. The lowest BCUT2D eigenvalue weighted by Crippen LogP contribution is -2.49. The van der Waals surface area contributed by atoms with Gasteiger partial charge >= 0.3 is 6.03 Å².